The van der Waals surface area contributed by atoms with Crippen molar-refractivity contribution >= 4 is 46.6 Å². The molecule has 0 aromatic heterocycles. The van der Waals surface area contributed by atoms with Crippen LogP contribution in [0, 0.1) is 5.41 Å². The van der Waals surface area contributed by atoms with E-state index < -0.39 is 0 Å². The SMILES string of the molecule is CN=C(NCCNC(=O)C(C)(C)C)NC(C)c1ccc2ccccc2c1.I. The third kappa shape index (κ3) is 7.01. The summed E-state index contributed by atoms with van der Waals surface area (Å²) in [5.41, 5.74) is 0.831. The molecule has 148 valence electrons. The van der Waals surface area contributed by atoms with Crippen LogP contribution in [-0.2, 0) is 4.79 Å². The molecule has 0 saturated heterocycles. The summed E-state index contributed by atoms with van der Waals surface area (Å²) in [6, 6.07) is 14.9. The van der Waals surface area contributed by atoms with Crippen LogP contribution in [0.4, 0.5) is 0 Å². The first kappa shape index (κ1) is 23.2. The Morgan fingerprint density at radius 1 is 1.04 bits per heavy atom. The first-order valence-corrected chi connectivity index (χ1v) is 9.05. The fourth-order valence-electron chi connectivity index (χ4n) is 2.58. The molecule has 0 aliphatic rings. The summed E-state index contributed by atoms with van der Waals surface area (Å²) in [4.78, 5) is 16.1. The highest BCUT2D eigenvalue weighted by molar-refractivity contribution is 14.0. The molecule has 0 spiro atoms. The van der Waals surface area contributed by atoms with Gasteiger partial charge in [-0.2, -0.15) is 0 Å². The monoisotopic (exact) mass is 482 g/mol. The van der Waals surface area contributed by atoms with E-state index in [2.05, 4.69) is 64.3 Å². The molecule has 3 N–H and O–H groups in total. The number of hydrogen-bond acceptors (Lipinski definition) is 2. The van der Waals surface area contributed by atoms with E-state index in [1.165, 1.54) is 16.3 Å². The maximum atomic E-state index is 11.9. The molecule has 0 fully saturated rings. The van der Waals surface area contributed by atoms with E-state index in [1.54, 1.807) is 7.05 Å². The van der Waals surface area contributed by atoms with Gasteiger partial charge in [0, 0.05) is 25.6 Å². The molecule has 0 heterocycles. The Morgan fingerprint density at radius 3 is 2.30 bits per heavy atom. The van der Waals surface area contributed by atoms with Gasteiger partial charge >= 0.3 is 0 Å². The highest BCUT2D eigenvalue weighted by Gasteiger charge is 2.20. The summed E-state index contributed by atoms with van der Waals surface area (Å²) in [6.45, 7) is 9.00. The minimum absolute atomic E-state index is 0. The van der Waals surface area contributed by atoms with Crippen molar-refractivity contribution in [2.45, 2.75) is 33.7 Å². The summed E-state index contributed by atoms with van der Waals surface area (Å²) in [6.07, 6.45) is 0. The second-order valence-corrected chi connectivity index (χ2v) is 7.48. The first-order valence-electron chi connectivity index (χ1n) is 9.05. The van der Waals surface area contributed by atoms with Gasteiger partial charge in [-0.3, -0.25) is 9.79 Å². The fraction of sp³-hybridized carbons (Fsp3) is 0.429. The molecule has 0 aliphatic carbocycles. The largest absolute Gasteiger partial charge is 0.355 e. The molecule has 1 atom stereocenters. The zero-order valence-electron chi connectivity index (χ0n) is 16.8. The molecule has 0 bridgehead atoms. The Labute approximate surface area is 179 Å². The van der Waals surface area contributed by atoms with Crippen LogP contribution in [0.1, 0.15) is 39.3 Å². The zero-order chi connectivity index (χ0) is 19.2. The van der Waals surface area contributed by atoms with Gasteiger partial charge in [0.1, 0.15) is 0 Å². The Bertz CT molecular complexity index is 783. The quantitative estimate of drug-likeness (QED) is 0.263. The van der Waals surface area contributed by atoms with E-state index >= 15 is 0 Å². The molecule has 6 heteroatoms. The van der Waals surface area contributed by atoms with E-state index in [1.807, 2.05) is 26.8 Å². The predicted molar refractivity (Wildman–Crippen MR) is 125 cm³/mol. The van der Waals surface area contributed by atoms with E-state index in [9.17, 15) is 4.79 Å². The summed E-state index contributed by atoms with van der Waals surface area (Å²) < 4.78 is 0. The number of guanidine groups is 1. The van der Waals surface area contributed by atoms with E-state index in [-0.39, 0.29) is 41.3 Å². The van der Waals surface area contributed by atoms with Gasteiger partial charge in [-0.15, -0.1) is 24.0 Å². The molecule has 5 nitrogen and oxygen atoms in total. The Balaban J connectivity index is 0.00000364. The van der Waals surface area contributed by atoms with Gasteiger partial charge in [0.2, 0.25) is 5.91 Å². The number of carbonyl (C=O) groups is 1. The van der Waals surface area contributed by atoms with Gasteiger partial charge in [-0.1, -0.05) is 57.2 Å². The van der Waals surface area contributed by atoms with Crippen LogP contribution in [0.15, 0.2) is 47.5 Å². The molecule has 2 rings (SSSR count). The van der Waals surface area contributed by atoms with E-state index in [0.717, 1.165) is 5.96 Å². The Morgan fingerprint density at radius 2 is 1.67 bits per heavy atom. The van der Waals surface area contributed by atoms with Crippen LogP contribution in [0.25, 0.3) is 10.8 Å². The van der Waals surface area contributed by atoms with Gasteiger partial charge < -0.3 is 16.0 Å². The van der Waals surface area contributed by atoms with Gasteiger partial charge in [-0.25, -0.2) is 0 Å². The van der Waals surface area contributed by atoms with Crippen LogP contribution in [0.3, 0.4) is 0 Å². The maximum absolute atomic E-state index is 11.9. The highest BCUT2D eigenvalue weighted by Crippen LogP contribution is 2.20. The van der Waals surface area contributed by atoms with Crippen LogP contribution in [0.5, 0.6) is 0 Å². The Hall–Kier alpha value is -1.83. The number of rotatable bonds is 5. The van der Waals surface area contributed by atoms with Crippen LogP contribution in [0.2, 0.25) is 0 Å². The number of nitrogens with one attached hydrogen (secondary N) is 3. The molecule has 2 aromatic rings. The topological polar surface area (TPSA) is 65.5 Å². The number of hydrogen-bond donors (Lipinski definition) is 3. The number of halogens is 1. The van der Waals surface area contributed by atoms with E-state index in [4.69, 9.17) is 0 Å². The van der Waals surface area contributed by atoms with E-state index in [0.29, 0.717) is 13.1 Å². The van der Waals surface area contributed by atoms with Crippen molar-refractivity contribution < 1.29 is 4.79 Å². The second kappa shape index (κ2) is 10.5. The molecule has 1 amide bonds. The summed E-state index contributed by atoms with van der Waals surface area (Å²) in [5.74, 6) is 0.766. The molecule has 2 aromatic carbocycles. The minimum atomic E-state index is -0.371. The van der Waals surface area contributed by atoms with Crippen molar-refractivity contribution in [3.63, 3.8) is 0 Å². The lowest BCUT2D eigenvalue weighted by Crippen LogP contribution is -2.44. The molecule has 0 saturated carbocycles. The predicted octanol–water partition coefficient (Wildman–Crippen LogP) is 3.85. The van der Waals surface area contributed by atoms with Crippen molar-refractivity contribution in [1.82, 2.24) is 16.0 Å². The smallest absolute Gasteiger partial charge is 0.225 e. The standard InChI is InChI=1S/C21H30N4O.HI/c1-15(17-11-10-16-8-6-7-9-18(16)14-17)25-20(22-5)24-13-12-23-19(26)21(2,3)4;/h6-11,14-15H,12-13H2,1-5H3,(H,23,26)(H2,22,24,25);1H. The lowest BCUT2D eigenvalue weighted by atomic mass is 9.96. The summed E-state index contributed by atoms with van der Waals surface area (Å²) >= 11 is 0. The number of benzene rings is 2. The van der Waals surface area contributed by atoms with Crippen molar-refractivity contribution in [3.8, 4) is 0 Å². The molecular weight excluding hydrogens is 451 g/mol. The molecular formula is C21H31IN4O. The average Bonchev–Trinajstić information content (AvgIpc) is 2.62. The molecule has 27 heavy (non-hydrogen) atoms. The maximum Gasteiger partial charge on any atom is 0.225 e. The number of fused-ring (bicyclic) bond motifs is 1. The minimum Gasteiger partial charge on any atom is -0.355 e. The van der Waals surface area contributed by atoms with Gasteiger partial charge in [0.05, 0.1) is 6.04 Å². The molecule has 0 radical (unpaired) electrons. The van der Waals surface area contributed by atoms with Gasteiger partial charge in [-0.05, 0) is 29.3 Å². The number of carbonyl (C=O) groups excluding carboxylic acids is 1. The average molecular weight is 482 g/mol. The van der Waals surface area contributed by atoms with Crippen LogP contribution >= 0.6 is 24.0 Å². The number of amides is 1. The van der Waals surface area contributed by atoms with Crippen LogP contribution in [-0.4, -0.2) is 32.0 Å². The normalized spacial score (nSPS) is 12.9. The number of nitrogens with zero attached hydrogens (tertiary/aromatic N) is 1. The fourth-order valence-corrected chi connectivity index (χ4v) is 2.58. The van der Waals surface area contributed by atoms with Crippen molar-refractivity contribution in [2.24, 2.45) is 10.4 Å². The van der Waals surface area contributed by atoms with Crippen molar-refractivity contribution in [2.75, 3.05) is 20.1 Å². The number of aliphatic imine (C=N–C) groups is 1. The lowest BCUT2D eigenvalue weighted by Gasteiger charge is -2.20. The van der Waals surface area contributed by atoms with Crippen molar-refractivity contribution in [3.05, 3.63) is 48.0 Å². The third-order valence-electron chi connectivity index (χ3n) is 4.23. The molecule has 1 unspecified atom stereocenters. The zero-order valence-corrected chi connectivity index (χ0v) is 19.1. The van der Waals surface area contributed by atoms with Crippen LogP contribution < -0.4 is 16.0 Å². The Kier molecular flexibility index (Phi) is 9.02. The third-order valence-corrected chi connectivity index (χ3v) is 4.23. The van der Waals surface area contributed by atoms with Gasteiger partial charge in [0.15, 0.2) is 5.96 Å². The van der Waals surface area contributed by atoms with Crippen molar-refractivity contribution in [1.29, 1.82) is 0 Å². The van der Waals surface area contributed by atoms with Gasteiger partial charge in [0.25, 0.3) is 0 Å². The highest BCUT2D eigenvalue weighted by atomic mass is 127. The lowest BCUT2D eigenvalue weighted by molar-refractivity contribution is -0.128. The second-order valence-electron chi connectivity index (χ2n) is 7.48. The summed E-state index contributed by atoms with van der Waals surface area (Å²) in [5, 5.41) is 12.0. The molecule has 0 aliphatic heterocycles. The first-order chi connectivity index (χ1) is 12.3. The summed E-state index contributed by atoms with van der Waals surface area (Å²) in [7, 11) is 1.75.